The molecule has 1 saturated carbocycles. The maximum absolute atomic E-state index is 12.6. The summed E-state index contributed by atoms with van der Waals surface area (Å²) < 4.78 is 26.6. The largest absolute Gasteiger partial charge is 0.337 e. The van der Waals surface area contributed by atoms with Gasteiger partial charge in [0.05, 0.1) is 24.0 Å². The molecule has 1 saturated heterocycles. The molecule has 23 heavy (non-hydrogen) atoms. The number of amides is 1. The van der Waals surface area contributed by atoms with Crippen LogP contribution < -0.4 is 0 Å². The molecule has 0 bridgehead atoms. The van der Waals surface area contributed by atoms with Gasteiger partial charge in [-0.15, -0.1) is 5.10 Å². The molecule has 1 aromatic rings. The molecule has 1 aliphatic carbocycles. The van der Waals surface area contributed by atoms with Gasteiger partial charge in [0.2, 0.25) is 5.91 Å². The van der Waals surface area contributed by atoms with Crippen molar-refractivity contribution in [2.24, 2.45) is 0 Å². The topological polar surface area (TPSA) is 85.2 Å². The molecule has 1 atom stereocenters. The van der Waals surface area contributed by atoms with Crippen molar-refractivity contribution in [1.82, 2.24) is 19.9 Å². The number of hydrogen-bond acceptors (Lipinski definition) is 5. The van der Waals surface area contributed by atoms with E-state index in [-0.39, 0.29) is 23.0 Å². The van der Waals surface area contributed by atoms with Crippen LogP contribution in [0.4, 0.5) is 0 Å². The third kappa shape index (κ3) is 3.91. The number of sulfone groups is 1. The Balaban J connectivity index is 1.66. The summed E-state index contributed by atoms with van der Waals surface area (Å²) in [4.78, 5) is 14.4. The predicted molar refractivity (Wildman–Crippen MR) is 85.4 cm³/mol. The zero-order valence-electron chi connectivity index (χ0n) is 13.3. The van der Waals surface area contributed by atoms with Crippen molar-refractivity contribution in [3.63, 3.8) is 0 Å². The molecule has 1 aromatic heterocycles. The third-order valence-electron chi connectivity index (χ3n) is 4.95. The van der Waals surface area contributed by atoms with Crippen LogP contribution in [0, 0.1) is 0 Å². The monoisotopic (exact) mass is 340 g/mol. The minimum atomic E-state index is -3.32. The van der Waals surface area contributed by atoms with Gasteiger partial charge in [-0.3, -0.25) is 9.48 Å². The van der Waals surface area contributed by atoms with Crippen LogP contribution in [0.3, 0.4) is 0 Å². The summed E-state index contributed by atoms with van der Waals surface area (Å²) >= 11 is 0. The Morgan fingerprint density at radius 2 is 1.87 bits per heavy atom. The second-order valence-electron chi connectivity index (χ2n) is 6.58. The second kappa shape index (κ2) is 6.98. The van der Waals surface area contributed by atoms with Crippen molar-refractivity contribution in [2.45, 2.75) is 62.8 Å². The van der Waals surface area contributed by atoms with E-state index in [1.165, 1.54) is 0 Å². The number of hydrogen-bond donors (Lipinski definition) is 0. The lowest BCUT2D eigenvalue weighted by Gasteiger charge is -2.35. The first kappa shape index (κ1) is 16.4. The van der Waals surface area contributed by atoms with Crippen LogP contribution >= 0.6 is 0 Å². The Bertz CT molecular complexity index is 623. The first-order chi connectivity index (χ1) is 11.1. The Morgan fingerprint density at radius 3 is 2.57 bits per heavy atom. The van der Waals surface area contributed by atoms with Crippen LogP contribution in [0.15, 0.2) is 12.4 Å². The van der Waals surface area contributed by atoms with Gasteiger partial charge >= 0.3 is 0 Å². The molecule has 7 nitrogen and oxygen atoms in total. The predicted octanol–water partition coefficient (Wildman–Crippen LogP) is 1.02. The van der Waals surface area contributed by atoms with Gasteiger partial charge in [-0.2, -0.15) is 0 Å². The summed E-state index contributed by atoms with van der Waals surface area (Å²) in [5, 5.41) is 7.42. The van der Waals surface area contributed by atoms with Crippen molar-refractivity contribution in [3.05, 3.63) is 12.4 Å². The molecule has 2 fully saturated rings. The minimum Gasteiger partial charge on any atom is -0.337 e. The van der Waals surface area contributed by atoms with Gasteiger partial charge in [-0.25, -0.2) is 8.42 Å². The number of likely N-dealkylation sites (tertiary alicyclic amines) is 1. The fraction of sp³-hybridized carbons (Fsp3) is 0.800. The lowest BCUT2D eigenvalue weighted by molar-refractivity contribution is -0.132. The quantitative estimate of drug-likeness (QED) is 0.799. The van der Waals surface area contributed by atoms with E-state index in [0.29, 0.717) is 25.9 Å². The van der Waals surface area contributed by atoms with Crippen LogP contribution in [-0.4, -0.2) is 57.8 Å². The normalized spacial score (nSPS) is 23.3. The molecule has 3 rings (SSSR count). The summed E-state index contributed by atoms with van der Waals surface area (Å²) in [7, 11) is -3.32. The highest BCUT2D eigenvalue weighted by Gasteiger charge is 2.34. The standard InChI is InChI=1S/C15H24N4O3S/c20-15(12-23(21,22)14-6-1-2-7-14)19-9-4-3-5-13(19)11-18-10-8-16-17-18/h8,10,13-14H,1-7,9,11-12H2. The Kier molecular flexibility index (Phi) is 4.99. The van der Waals surface area contributed by atoms with E-state index in [9.17, 15) is 13.2 Å². The highest BCUT2D eigenvalue weighted by molar-refractivity contribution is 7.92. The zero-order valence-corrected chi connectivity index (χ0v) is 14.1. The summed E-state index contributed by atoms with van der Waals surface area (Å²) in [5.41, 5.74) is 0. The summed E-state index contributed by atoms with van der Waals surface area (Å²) in [5.74, 6) is -0.590. The van der Waals surface area contributed by atoms with Gasteiger partial charge < -0.3 is 4.90 Å². The molecular weight excluding hydrogens is 316 g/mol. The van der Waals surface area contributed by atoms with Crippen molar-refractivity contribution in [1.29, 1.82) is 0 Å². The third-order valence-corrected chi connectivity index (χ3v) is 7.09. The zero-order chi connectivity index (χ0) is 16.3. The highest BCUT2D eigenvalue weighted by Crippen LogP contribution is 2.26. The maximum Gasteiger partial charge on any atom is 0.238 e. The number of aromatic nitrogens is 3. The van der Waals surface area contributed by atoms with Gasteiger partial charge in [0.1, 0.15) is 5.75 Å². The molecule has 0 aromatic carbocycles. The van der Waals surface area contributed by atoms with Gasteiger partial charge in [0.15, 0.2) is 9.84 Å². The van der Waals surface area contributed by atoms with E-state index in [0.717, 1.165) is 32.1 Å². The second-order valence-corrected chi connectivity index (χ2v) is 8.86. The SMILES string of the molecule is O=C(CS(=O)(=O)C1CCCC1)N1CCCCC1Cn1ccnn1. The number of nitrogens with zero attached hydrogens (tertiary/aromatic N) is 4. The Morgan fingerprint density at radius 1 is 1.13 bits per heavy atom. The van der Waals surface area contributed by atoms with Crippen LogP contribution in [0.25, 0.3) is 0 Å². The van der Waals surface area contributed by atoms with Gasteiger partial charge in [-0.1, -0.05) is 18.1 Å². The Labute approximate surface area is 137 Å². The molecule has 0 N–H and O–H groups in total. The van der Waals surface area contributed by atoms with Crippen LogP contribution in [0.1, 0.15) is 44.9 Å². The average Bonchev–Trinajstić information content (AvgIpc) is 3.21. The summed E-state index contributed by atoms with van der Waals surface area (Å²) in [6, 6.07) is 0.0109. The maximum atomic E-state index is 12.6. The van der Waals surface area contributed by atoms with E-state index in [1.54, 1.807) is 22.0 Å². The van der Waals surface area contributed by atoms with Gasteiger partial charge in [-0.05, 0) is 32.1 Å². The highest BCUT2D eigenvalue weighted by atomic mass is 32.2. The number of carbonyl (C=O) groups excluding carboxylic acids is 1. The lowest BCUT2D eigenvalue weighted by atomic mass is 10.0. The van der Waals surface area contributed by atoms with E-state index in [2.05, 4.69) is 10.3 Å². The van der Waals surface area contributed by atoms with Crippen LogP contribution in [0.2, 0.25) is 0 Å². The van der Waals surface area contributed by atoms with Crippen molar-refractivity contribution in [3.8, 4) is 0 Å². The van der Waals surface area contributed by atoms with Crippen molar-refractivity contribution >= 4 is 15.7 Å². The number of carbonyl (C=O) groups is 1. The first-order valence-electron chi connectivity index (χ1n) is 8.41. The Hall–Kier alpha value is -1.44. The fourth-order valence-corrected chi connectivity index (χ4v) is 5.48. The summed E-state index contributed by atoms with van der Waals surface area (Å²) in [6.45, 7) is 1.22. The molecule has 128 valence electrons. The van der Waals surface area contributed by atoms with E-state index in [4.69, 9.17) is 0 Å². The van der Waals surface area contributed by atoms with Gasteiger partial charge in [0, 0.05) is 12.7 Å². The molecule has 1 aliphatic heterocycles. The van der Waals surface area contributed by atoms with Gasteiger partial charge in [0.25, 0.3) is 0 Å². The smallest absolute Gasteiger partial charge is 0.238 e. The van der Waals surface area contributed by atoms with Crippen LogP contribution in [0.5, 0.6) is 0 Å². The number of rotatable bonds is 5. The van der Waals surface area contributed by atoms with Crippen LogP contribution in [-0.2, 0) is 21.2 Å². The molecule has 0 radical (unpaired) electrons. The van der Waals surface area contributed by atoms with E-state index >= 15 is 0 Å². The molecule has 1 unspecified atom stereocenters. The molecule has 8 heteroatoms. The van der Waals surface area contributed by atoms with Crippen molar-refractivity contribution < 1.29 is 13.2 Å². The minimum absolute atomic E-state index is 0.0109. The molecular formula is C15H24N4O3S. The molecule has 0 spiro atoms. The molecule has 2 heterocycles. The molecule has 2 aliphatic rings. The van der Waals surface area contributed by atoms with E-state index < -0.39 is 9.84 Å². The fourth-order valence-electron chi connectivity index (χ4n) is 3.69. The average molecular weight is 340 g/mol. The number of piperidine rings is 1. The summed E-state index contributed by atoms with van der Waals surface area (Å²) in [6.07, 6.45) is 9.58. The first-order valence-corrected chi connectivity index (χ1v) is 10.1. The van der Waals surface area contributed by atoms with E-state index in [1.807, 2.05) is 0 Å². The van der Waals surface area contributed by atoms with Crippen molar-refractivity contribution in [2.75, 3.05) is 12.3 Å². The lowest BCUT2D eigenvalue weighted by Crippen LogP contribution is -2.48. The molecule has 1 amide bonds.